The first kappa shape index (κ1) is 16.6. The summed E-state index contributed by atoms with van der Waals surface area (Å²) in [4.78, 5) is 0. The van der Waals surface area contributed by atoms with Crippen molar-refractivity contribution >= 4 is 19.7 Å². The zero-order valence-electron chi connectivity index (χ0n) is 12.6. The number of ether oxygens (including phenoxy) is 1. The van der Waals surface area contributed by atoms with Gasteiger partial charge in [0.1, 0.15) is 0 Å². The molecule has 0 aromatic rings. The molecule has 0 amide bonds. The highest BCUT2D eigenvalue weighted by molar-refractivity contribution is 8.13. The smallest absolute Gasteiger partial charge is 0.233 e. The SMILES string of the molecule is CC1CCC(OCC2(CS(=O)(=O)Cl)CCCC2)CC1C. The molecule has 0 aliphatic heterocycles. The number of rotatable bonds is 5. The minimum absolute atomic E-state index is 0.0697. The summed E-state index contributed by atoms with van der Waals surface area (Å²) in [5.74, 6) is 1.55. The van der Waals surface area contributed by atoms with Crippen LogP contribution in [0.2, 0.25) is 0 Å². The molecular formula is C15H27ClO3S. The molecule has 3 atom stereocenters. The monoisotopic (exact) mass is 322 g/mol. The molecule has 118 valence electrons. The molecule has 0 aromatic carbocycles. The average Bonchev–Trinajstić information content (AvgIpc) is 2.77. The molecule has 0 saturated heterocycles. The molecule has 5 heteroatoms. The van der Waals surface area contributed by atoms with Crippen LogP contribution < -0.4 is 0 Å². The molecule has 20 heavy (non-hydrogen) atoms. The van der Waals surface area contributed by atoms with Crippen LogP contribution in [0.4, 0.5) is 0 Å². The molecule has 2 saturated carbocycles. The maximum Gasteiger partial charge on any atom is 0.233 e. The topological polar surface area (TPSA) is 43.4 Å². The second kappa shape index (κ2) is 6.53. The summed E-state index contributed by atoms with van der Waals surface area (Å²) in [5, 5.41) is 0. The van der Waals surface area contributed by atoms with Crippen molar-refractivity contribution in [2.75, 3.05) is 12.4 Å². The van der Waals surface area contributed by atoms with Gasteiger partial charge in [0, 0.05) is 16.1 Å². The molecule has 2 aliphatic carbocycles. The number of hydrogen-bond acceptors (Lipinski definition) is 3. The molecule has 2 fully saturated rings. The van der Waals surface area contributed by atoms with Gasteiger partial charge in [0.15, 0.2) is 0 Å². The zero-order valence-corrected chi connectivity index (χ0v) is 14.2. The van der Waals surface area contributed by atoms with Crippen LogP contribution in [0.15, 0.2) is 0 Å². The van der Waals surface area contributed by atoms with Crippen LogP contribution in [0.5, 0.6) is 0 Å². The Kier molecular flexibility index (Phi) is 5.41. The fraction of sp³-hybridized carbons (Fsp3) is 1.00. The van der Waals surface area contributed by atoms with Crippen LogP contribution in [-0.2, 0) is 13.8 Å². The van der Waals surface area contributed by atoms with Gasteiger partial charge in [-0.05, 0) is 43.9 Å². The van der Waals surface area contributed by atoms with Crippen molar-refractivity contribution < 1.29 is 13.2 Å². The van der Waals surface area contributed by atoms with E-state index in [0.29, 0.717) is 18.6 Å². The molecule has 2 rings (SSSR count). The molecule has 2 aliphatic rings. The fourth-order valence-corrected chi connectivity index (χ4v) is 5.56. The third-order valence-corrected chi connectivity index (χ3v) is 6.60. The third kappa shape index (κ3) is 4.60. The summed E-state index contributed by atoms with van der Waals surface area (Å²) in [5.41, 5.74) is -0.229. The van der Waals surface area contributed by atoms with Crippen LogP contribution in [0.25, 0.3) is 0 Å². The van der Waals surface area contributed by atoms with E-state index in [0.717, 1.165) is 44.4 Å². The minimum Gasteiger partial charge on any atom is -0.378 e. The van der Waals surface area contributed by atoms with E-state index in [1.54, 1.807) is 0 Å². The van der Waals surface area contributed by atoms with Gasteiger partial charge in [-0.15, -0.1) is 0 Å². The summed E-state index contributed by atoms with van der Waals surface area (Å²) in [6.07, 6.45) is 7.76. The molecule has 3 unspecified atom stereocenters. The van der Waals surface area contributed by atoms with Crippen molar-refractivity contribution in [1.82, 2.24) is 0 Å². The third-order valence-electron chi connectivity index (χ3n) is 5.32. The van der Waals surface area contributed by atoms with E-state index < -0.39 is 9.05 Å². The van der Waals surface area contributed by atoms with Gasteiger partial charge in [-0.1, -0.05) is 26.7 Å². The van der Waals surface area contributed by atoms with Crippen molar-refractivity contribution in [1.29, 1.82) is 0 Å². The van der Waals surface area contributed by atoms with E-state index in [9.17, 15) is 8.42 Å². The highest BCUT2D eigenvalue weighted by Crippen LogP contribution is 2.41. The second-order valence-corrected chi connectivity index (χ2v) is 9.87. The Bertz CT molecular complexity index is 415. The lowest BCUT2D eigenvalue weighted by molar-refractivity contribution is -0.0345. The summed E-state index contributed by atoms with van der Waals surface area (Å²) in [7, 11) is 2.04. The predicted molar refractivity (Wildman–Crippen MR) is 82.5 cm³/mol. The predicted octanol–water partition coefficient (Wildman–Crippen LogP) is 3.96. The summed E-state index contributed by atoms with van der Waals surface area (Å²) < 4.78 is 29.0. The van der Waals surface area contributed by atoms with Gasteiger partial charge in [-0.3, -0.25) is 0 Å². The van der Waals surface area contributed by atoms with Gasteiger partial charge in [-0.25, -0.2) is 8.42 Å². The first-order chi connectivity index (χ1) is 9.30. The Balaban J connectivity index is 1.90. The number of hydrogen-bond donors (Lipinski definition) is 0. The van der Waals surface area contributed by atoms with Crippen molar-refractivity contribution in [3.63, 3.8) is 0 Å². The van der Waals surface area contributed by atoms with Gasteiger partial charge >= 0.3 is 0 Å². The normalized spacial score (nSPS) is 34.2. The van der Waals surface area contributed by atoms with E-state index in [2.05, 4.69) is 13.8 Å². The molecule has 0 aromatic heterocycles. The lowest BCUT2D eigenvalue weighted by Crippen LogP contribution is -2.35. The Morgan fingerprint density at radius 3 is 2.35 bits per heavy atom. The maximum atomic E-state index is 11.4. The zero-order chi connectivity index (χ0) is 14.8. The van der Waals surface area contributed by atoms with Gasteiger partial charge in [0.2, 0.25) is 9.05 Å². The summed E-state index contributed by atoms with van der Waals surface area (Å²) >= 11 is 0. The highest BCUT2D eigenvalue weighted by Gasteiger charge is 2.39. The van der Waals surface area contributed by atoms with Crippen molar-refractivity contribution in [2.24, 2.45) is 17.3 Å². The molecular weight excluding hydrogens is 296 g/mol. The van der Waals surface area contributed by atoms with Crippen LogP contribution in [-0.4, -0.2) is 26.9 Å². The lowest BCUT2D eigenvalue weighted by atomic mass is 9.80. The fourth-order valence-electron chi connectivity index (χ4n) is 3.77. The Hall–Kier alpha value is 0.200. The quantitative estimate of drug-likeness (QED) is 0.720. The summed E-state index contributed by atoms with van der Waals surface area (Å²) in [6.45, 7) is 5.15. The van der Waals surface area contributed by atoms with E-state index >= 15 is 0 Å². The van der Waals surface area contributed by atoms with Crippen LogP contribution in [0.1, 0.15) is 58.8 Å². The maximum absolute atomic E-state index is 11.4. The van der Waals surface area contributed by atoms with Crippen LogP contribution >= 0.6 is 10.7 Å². The highest BCUT2D eigenvalue weighted by atomic mass is 35.7. The van der Waals surface area contributed by atoms with Crippen molar-refractivity contribution in [3.05, 3.63) is 0 Å². The first-order valence-corrected chi connectivity index (χ1v) is 10.3. The minimum atomic E-state index is -3.45. The molecule has 0 N–H and O–H groups in total. The Morgan fingerprint density at radius 2 is 1.80 bits per heavy atom. The van der Waals surface area contributed by atoms with E-state index in [1.165, 1.54) is 6.42 Å². The molecule has 3 nitrogen and oxygen atoms in total. The summed E-state index contributed by atoms with van der Waals surface area (Å²) in [6, 6.07) is 0. The standard InChI is InChI=1S/C15H27ClO3S/c1-12-5-6-14(9-13(12)2)19-10-15(7-3-4-8-15)11-20(16,17)18/h12-14H,3-11H2,1-2H3. The van der Waals surface area contributed by atoms with Crippen LogP contribution in [0.3, 0.4) is 0 Å². The average molecular weight is 323 g/mol. The molecule has 0 heterocycles. The van der Waals surface area contributed by atoms with Crippen molar-refractivity contribution in [3.8, 4) is 0 Å². The lowest BCUT2D eigenvalue weighted by Gasteiger charge is -2.35. The Morgan fingerprint density at radius 1 is 1.15 bits per heavy atom. The van der Waals surface area contributed by atoms with Gasteiger partial charge in [-0.2, -0.15) is 0 Å². The van der Waals surface area contributed by atoms with E-state index in [4.69, 9.17) is 15.4 Å². The molecule has 0 spiro atoms. The largest absolute Gasteiger partial charge is 0.378 e. The first-order valence-electron chi connectivity index (χ1n) is 7.84. The van der Waals surface area contributed by atoms with E-state index in [-0.39, 0.29) is 11.2 Å². The molecule has 0 radical (unpaired) electrons. The Labute approximate surface area is 127 Å². The van der Waals surface area contributed by atoms with Gasteiger partial charge in [0.05, 0.1) is 18.5 Å². The second-order valence-electron chi connectivity index (χ2n) is 7.09. The van der Waals surface area contributed by atoms with E-state index in [1.807, 2.05) is 0 Å². The van der Waals surface area contributed by atoms with Gasteiger partial charge < -0.3 is 4.74 Å². The van der Waals surface area contributed by atoms with Crippen LogP contribution in [0, 0.1) is 17.3 Å². The number of halogens is 1. The van der Waals surface area contributed by atoms with Crippen molar-refractivity contribution in [2.45, 2.75) is 64.9 Å². The molecule has 0 bridgehead atoms. The van der Waals surface area contributed by atoms with Gasteiger partial charge in [0.25, 0.3) is 0 Å².